The predicted molar refractivity (Wildman–Crippen MR) is 50.4 cm³/mol. The van der Waals surface area contributed by atoms with Crippen molar-refractivity contribution in [2.75, 3.05) is 0 Å². The summed E-state index contributed by atoms with van der Waals surface area (Å²) in [6, 6.07) is 5.99. The maximum Gasteiger partial charge on any atom is 0.178 e. The van der Waals surface area contributed by atoms with E-state index in [-0.39, 0.29) is 16.9 Å². The van der Waals surface area contributed by atoms with Crippen LogP contribution in [0.2, 0.25) is 0 Å². The average molecular weight is 177 g/mol. The summed E-state index contributed by atoms with van der Waals surface area (Å²) in [4.78, 5) is 11.7. The van der Waals surface area contributed by atoms with E-state index in [0.29, 0.717) is 5.56 Å². The summed E-state index contributed by atoms with van der Waals surface area (Å²) in [6.45, 7) is 5.58. The van der Waals surface area contributed by atoms with Gasteiger partial charge in [0.25, 0.3) is 0 Å². The van der Waals surface area contributed by atoms with Gasteiger partial charge in [0, 0.05) is 11.0 Å². The van der Waals surface area contributed by atoms with Crippen LogP contribution in [0.4, 0.5) is 0 Å². The first kappa shape index (κ1) is 9.78. The average Bonchev–Trinajstić information content (AvgIpc) is 2.03. The molecule has 1 rings (SSSR count). The van der Waals surface area contributed by atoms with Crippen molar-refractivity contribution >= 4 is 5.78 Å². The zero-order chi connectivity index (χ0) is 10.1. The van der Waals surface area contributed by atoms with Gasteiger partial charge in [-0.3, -0.25) is 9.90 Å². The fraction of sp³-hybridized carbons (Fsp3) is 0.364. The number of carbonyl (C=O) groups excluding carboxylic acids is 1. The highest BCUT2D eigenvalue weighted by Gasteiger charge is 2.22. The molecule has 0 heterocycles. The van der Waals surface area contributed by atoms with Crippen LogP contribution in [-0.2, 0) is 5.11 Å². The van der Waals surface area contributed by atoms with E-state index in [9.17, 15) is 9.90 Å². The Morgan fingerprint density at radius 2 is 1.54 bits per heavy atom. The van der Waals surface area contributed by atoms with E-state index in [1.54, 1.807) is 12.1 Å². The molecule has 0 N–H and O–H groups in total. The molecule has 69 valence electrons. The third-order valence-electron chi connectivity index (χ3n) is 1.80. The molecule has 0 saturated heterocycles. The molecule has 0 spiro atoms. The molecule has 0 aliphatic carbocycles. The van der Waals surface area contributed by atoms with Crippen LogP contribution in [0, 0.1) is 5.41 Å². The molecule has 0 aliphatic heterocycles. The lowest BCUT2D eigenvalue weighted by Crippen LogP contribution is -2.19. The smallest absolute Gasteiger partial charge is 0.178 e. The van der Waals surface area contributed by atoms with Crippen LogP contribution in [0.3, 0.4) is 0 Å². The highest BCUT2D eigenvalue weighted by Crippen LogP contribution is 2.21. The number of hydrogen-bond acceptors (Lipinski definition) is 1. The monoisotopic (exact) mass is 177 g/mol. The van der Waals surface area contributed by atoms with E-state index < -0.39 is 0 Å². The Morgan fingerprint density at radius 3 is 1.92 bits per heavy atom. The van der Waals surface area contributed by atoms with Gasteiger partial charge in [-0.25, -0.2) is 0 Å². The van der Waals surface area contributed by atoms with Crippen LogP contribution >= 0.6 is 0 Å². The van der Waals surface area contributed by atoms with Gasteiger partial charge in [0.15, 0.2) is 11.5 Å². The first-order valence-corrected chi connectivity index (χ1v) is 4.23. The van der Waals surface area contributed by atoms with Crippen LogP contribution < -0.4 is 0 Å². The first-order valence-electron chi connectivity index (χ1n) is 4.23. The molecule has 2 nitrogen and oxygen atoms in total. The normalized spacial score (nSPS) is 11.3. The SMILES string of the molecule is CC(C)(C)C(=O)c1ccc([O])cc1. The van der Waals surface area contributed by atoms with E-state index >= 15 is 0 Å². The van der Waals surface area contributed by atoms with Gasteiger partial charge in [0.05, 0.1) is 0 Å². The van der Waals surface area contributed by atoms with Crippen molar-refractivity contribution < 1.29 is 9.90 Å². The molecular formula is C11H13O2. The largest absolute Gasteiger partial charge is 0.294 e. The van der Waals surface area contributed by atoms with E-state index in [1.807, 2.05) is 20.8 Å². The topological polar surface area (TPSA) is 37.0 Å². The molecule has 0 amide bonds. The molecule has 0 aliphatic rings. The van der Waals surface area contributed by atoms with Gasteiger partial charge < -0.3 is 0 Å². The number of hydrogen-bond donors (Lipinski definition) is 0. The van der Waals surface area contributed by atoms with Crippen molar-refractivity contribution in [3.8, 4) is 5.75 Å². The van der Waals surface area contributed by atoms with Crippen molar-refractivity contribution in [2.45, 2.75) is 20.8 Å². The second-order valence-electron chi connectivity index (χ2n) is 4.10. The maximum atomic E-state index is 11.7. The Labute approximate surface area is 78.2 Å². The predicted octanol–water partition coefficient (Wildman–Crippen LogP) is 3.06. The molecule has 0 fully saturated rings. The minimum absolute atomic E-state index is 0.0625. The van der Waals surface area contributed by atoms with E-state index in [0.717, 1.165) is 0 Å². The van der Waals surface area contributed by atoms with Crippen LogP contribution in [-0.4, -0.2) is 5.78 Å². The van der Waals surface area contributed by atoms with E-state index in [4.69, 9.17) is 0 Å². The summed E-state index contributed by atoms with van der Waals surface area (Å²) in [5.74, 6) is -0.00189. The van der Waals surface area contributed by atoms with Gasteiger partial charge in [0.2, 0.25) is 0 Å². The second-order valence-corrected chi connectivity index (χ2v) is 4.10. The zero-order valence-corrected chi connectivity index (χ0v) is 8.13. The van der Waals surface area contributed by atoms with Crippen molar-refractivity contribution in [2.24, 2.45) is 5.41 Å². The molecule has 1 aromatic rings. The van der Waals surface area contributed by atoms with Crippen molar-refractivity contribution in [1.82, 2.24) is 0 Å². The van der Waals surface area contributed by atoms with Gasteiger partial charge >= 0.3 is 0 Å². The quantitative estimate of drug-likeness (QED) is 0.607. The number of Topliss-reactive ketones (excluding diaryl/α,β-unsaturated/α-hetero) is 1. The van der Waals surface area contributed by atoms with Crippen LogP contribution in [0.5, 0.6) is 5.75 Å². The Hall–Kier alpha value is -1.31. The summed E-state index contributed by atoms with van der Waals surface area (Å²) in [7, 11) is 0. The van der Waals surface area contributed by atoms with Gasteiger partial charge in [-0.2, -0.15) is 0 Å². The lowest BCUT2D eigenvalue weighted by molar-refractivity contribution is 0.0858. The standard InChI is InChI=1S/C11H13O2/c1-11(2,3)10(13)8-4-6-9(12)7-5-8/h4-7H,1-3H3. The molecule has 1 aromatic carbocycles. The van der Waals surface area contributed by atoms with Crippen molar-refractivity contribution in [1.29, 1.82) is 0 Å². The third kappa shape index (κ3) is 2.31. The second kappa shape index (κ2) is 3.21. The Kier molecular flexibility index (Phi) is 2.41. The Morgan fingerprint density at radius 1 is 1.08 bits per heavy atom. The minimum atomic E-state index is -0.385. The van der Waals surface area contributed by atoms with Crippen molar-refractivity contribution in [3.63, 3.8) is 0 Å². The third-order valence-corrected chi connectivity index (χ3v) is 1.80. The van der Waals surface area contributed by atoms with Gasteiger partial charge in [-0.15, -0.1) is 0 Å². The lowest BCUT2D eigenvalue weighted by atomic mass is 9.86. The lowest BCUT2D eigenvalue weighted by Gasteiger charge is -2.16. The number of benzene rings is 1. The fourth-order valence-corrected chi connectivity index (χ4v) is 1.04. The van der Waals surface area contributed by atoms with Gasteiger partial charge in [-0.1, -0.05) is 20.8 Å². The molecule has 0 atom stereocenters. The molecule has 13 heavy (non-hydrogen) atoms. The molecular weight excluding hydrogens is 164 g/mol. The molecule has 0 saturated carbocycles. The molecule has 2 heteroatoms. The van der Waals surface area contributed by atoms with Crippen molar-refractivity contribution in [3.05, 3.63) is 29.8 Å². The molecule has 0 unspecified atom stereocenters. The Balaban J connectivity index is 2.97. The minimum Gasteiger partial charge on any atom is -0.294 e. The number of rotatable bonds is 1. The zero-order valence-electron chi connectivity index (χ0n) is 8.13. The molecule has 0 aromatic heterocycles. The van der Waals surface area contributed by atoms with E-state index in [2.05, 4.69) is 0 Å². The summed E-state index contributed by atoms with van der Waals surface area (Å²) in [5, 5.41) is 10.8. The summed E-state index contributed by atoms with van der Waals surface area (Å²) in [5.41, 5.74) is 0.219. The van der Waals surface area contributed by atoms with Crippen LogP contribution in [0.1, 0.15) is 31.1 Å². The van der Waals surface area contributed by atoms with E-state index in [1.165, 1.54) is 12.1 Å². The Bertz CT molecular complexity index is 304. The number of ketones is 1. The highest BCUT2D eigenvalue weighted by atomic mass is 16.3. The van der Waals surface area contributed by atoms with Crippen LogP contribution in [0.25, 0.3) is 0 Å². The van der Waals surface area contributed by atoms with Gasteiger partial charge in [-0.05, 0) is 24.3 Å². The maximum absolute atomic E-state index is 11.7. The van der Waals surface area contributed by atoms with Crippen LogP contribution in [0.15, 0.2) is 24.3 Å². The molecule has 0 bridgehead atoms. The summed E-state index contributed by atoms with van der Waals surface area (Å²) < 4.78 is 0. The highest BCUT2D eigenvalue weighted by molar-refractivity contribution is 5.99. The molecule has 1 radical (unpaired) electrons. The summed E-state index contributed by atoms with van der Waals surface area (Å²) >= 11 is 0. The number of carbonyl (C=O) groups is 1. The summed E-state index contributed by atoms with van der Waals surface area (Å²) in [6.07, 6.45) is 0. The van der Waals surface area contributed by atoms with Gasteiger partial charge in [0.1, 0.15) is 0 Å². The first-order chi connectivity index (χ1) is 5.91. The fourth-order valence-electron chi connectivity index (χ4n) is 1.04.